The number of nitrogens with one attached hydrogen (secondary N) is 1. The Balaban J connectivity index is 2.09. The van der Waals surface area contributed by atoms with Crippen molar-refractivity contribution >= 4 is 15.9 Å². The maximum absolute atomic E-state index is 12.1. The van der Waals surface area contributed by atoms with E-state index in [-0.39, 0.29) is 11.3 Å². The van der Waals surface area contributed by atoms with Gasteiger partial charge in [0, 0.05) is 5.56 Å². The molecule has 0 saturated heterocycles. The second-order valence-electron chi connectivity index (χ2n) is 4.96. The lowest BCUT2D eigenvalue weighted by atomic mass is 10.2. The van der Waals surface area contributed by atoms with Gasteiger partial charge < -0.3 is 4.74 Å². The van der Waals surface area contributed by atoms with E-state index in [9.17, 15) is 13.2 Å². The fraction of sp³-hybridized carbons (Fsp3) is 0.176. The van der Waals surface area contributed by atoms with E-state index < -0.39 is 15.9 Å². The molecular weight excluding hydrogens is 328 g/mol. The first kappa shape index (κ1) is 17.5. The van der Waals surface area contributed by atoms with Crippen LogP contribution < -0.4 is 9.46 Å². The summed E-state index contributed by atoms with van der Waals surface area (Å²) >= 11 is 0. The molecule has 2 rings (SSSR count). The first-order valence-corrected chi connectivity index (χ1v) is 8.85. The molecule has 0 heterocycles. The lowest BCUT2D eigenvalue weighted by molar-refractivity contribution is 0.0981. The van der Waals surface area contributed by atoms with Crippen LogP contribution in [0, 0.1) is 11.3 Å². The number of sulfonamides is 1. The Kier molecular flexibility index (Phi) is 5.55. The Morgan fingerprint density at radius 1 is 1.21 bits per heavy atom. The molecule has 0 aliphatic rings. The van der Waals surface area contributed by atoms with Gasteiger partial charge in [-0.05, 0) is 42.8 Å². The smallest absolute Gasteiger partial charge is 0.264 e. The minimum atomic E-state index is -3.85. The van der Waals surface area contributed by atoms with Crippen LogP contribution in [-0.2, 0) is 15.8 Å². The third-order valence-corrected chi connectivity index (χ3v) is 4.30. The quantitative estimate of drug-likeness (QED) is 0.867. The third kappa shape index (κ3) is 4.83. The summed E-state index contributed by atoms with van der Waals surface area (Å²) in [5, 5.41) is 8.73. The Morgan fingerprint density at radius 3 is 2.54 bits per heavy atom. The zero-order valence-electron chi connectivity index (χ0n) is 13.0. The molecule has 1 amide bonds. The van der Waals surface area contributed by atoms with Crippen LogP contribution in [-0.4, -0.2) is 20.9 Å². The summed E-state index contributed by atoms with van der Waals surface area (Å²) in [4.78, 5) is 12.1. The van der Waals surface area contributed by atoms with Gasteiger partial charge in [0.25, 0.3) is 5.91 Å². The van der Waals surface area contributed by atoms with Crippen molar-refractivity contribution in [1.29, 1.82) is 5.26 Å². The van der Waals surface area contributed by atoms with Gasteiger partial charge in [-0.25, -0.2) is 13.1 Å². The number of carbonyl (C=O) groups excluding carboxylic acids is 1. The van der Waals surface area contributed by atoms with Gasteiger partial charge in [-0.15, -0.1) is 0 Å². The maximum Gasteiger partial charge on any atom is 0.264 e. The zero-order valence-corrected chi connectivity index (χ0v) is 13.8. The summed E-state index contributed by atoms with van der Waals surface area (Å²) in [6, 6.07) is 14.4. The van der Waals surface area contributed by atoms with Crippen LogP contribution in [0.1, 0.15) is 28.4 Å². The van der Waals surface area contributed by atoms with E-state index in [4.69, 9.17) is 10.00 Å². The normalized spacial score (nSPS) is 10.7. The average Bonchev–Trinajstić information content (AvgIpc) is 2.55. The molecular formula is C17H16N2O4S. The van der Waals surface area contributed by atoms with E-state index in [0.29, 0.717) is 23.5 Å². The van der Waals surface area contributed by atoms with Crippen LogP contribution in [0.5, 0.6) is 5.75 Å². The predicted molar refractivity (Wildman–Crippen MR) is 88.9 cm³/mol. The number of amides is 1. The van der Waals surface area contributed by atoms with Crippen LogP contribution in [0.3, 0.4) is 0 Å². The van der Waals surface area contributed by atoms with Crippen molar-refractivity contribution in [3.05, 3.63) is 65.2 Å². The highest BCUT2D eigenvalue weighted by molar-refractivity contribution is 7.89. The van der Waals surface area contributed by atoms with Gasteiger partial charge in [0.15, 0.2) is 0 Å². The summed E-state index contributed by atoms with van der Waals surface area (Å²) in [5.74, 6) is -0.574. The summed E-state index contributed by atoms with van der Waals surface area (Å²) in [6.07, 6.45) is 0. The van der Waals surface area contributed by atoms with Gasteiger partial charge >= 0.3 is 0 Å². The topological polar surface area (TPSA) is 96.3 Å². The number of hydrogen-bond acceptors (Lipinski definition) is 5. The monoisotopic (exact) mass is 344 g/mol. The number of rotatable bonds is 6. The van der Waals surface area contributed by atoms with Gasteiger partial charge in [0.05, 0.1) is 24.0 Å². The number of nitriles is 1. The van der Waals surface area contributed by atoms with Crippen molar-refractivity contribution in [2.75, 3.05) is 6.61 Å². The molecule has 24 heavy (non-hydrogen) atoms. The maximum atomic E-state index is 12.1. The van der Waals surface area contributed by atoms with E-state index >= 15 is 0 Å². The first-order chi connectivity index (χ1) is 11.4. The number of nitrogens with zero attached hydrogens (tertiary/aromatic N) is 1. The molecule has 0 bridgehead atoms. The van der Waals surface area contributed by atoms with Gasteiger partial charge in [-0.1, -0.05) is 18.2 Å². The molecule has 0 unspecified atom stereocenters. The number of hydrogen-bond donors (Lipinski definition) is 1. The van der Waals surface area contributed by atoms with Crippen LogP contribution in [0.4, 0.5) is 0 Å². The molecule has 0 aromatic heterocycles. The summed E-state index contributed by atoms with van der Waals surface area (Å²) in [6.45, 7) is 2.26. The lowest BCUT2D eigenvalue weighted by Gasteiger charge is -2.08. The van der Waals surface area contributed by atoms with Crippen molar-refractivity contribution < 1.29 is 17.9 Å². The molecule has 0 saturated carbocycles. The van der Waals surface area contributed by atoms with Crippen LogP contribution in [0.15, 0.2) is 48.5 Å². The highest BCUT2D eigenvalue weighted by atomic mass is 32.2. The number of carbonyl (C=O) groups is 1. The van der Waals surface area contributed by atoms with Crippen LogP contribution >= 0.6 is 0 Å². The molecule has 7 heteroatoms. The molecule has 0 radical (unpaired) electrons. The molecule has 0 aliphatic carbocycles. The Hall–Kier alpha value is -2.85. The van der Waals surface area contributed by atoms with E-state index in [0.717, 1.165) is 0 Å². The SMILES string of the molecule is CCOc1cccc(C(=O)NS(=O)(=O)Cc2ccc(C#N)cc2)c1. The zero-order chi connectivity index (χ0) is 17.6. The van der Waals surface area contributed by atoms with Crippen molar-refractivity contribution in [2.24, 2.45) is 0 Å². The van der Waals surface area contributed by atoms with Crippen LogP contribution in [0.2, 0.25) is 0 Å². The molecule has 2 aromatic carbocycles. The fourth-order valence-corrected chi connectivity index (χ4v) is 3.13. The molecule has 0 atom stereocenters. The molecule has 0 fully saturated rings. The highest BCUT2D eigenvalue weighted by Gasteiger charge is 2.17. The largest absolute Gasteiger partial charge is 0.494 e. The Labute approximate surface area is 140 Å². The second kappa shape index (κ2) is 7.62. The highest BCUT2D eigenvalue weighted by Crippen LogP contribution is 2.14. The van der Waals surface area contributed by atoms with Crippen molar-refractivity contribution in [3.8, 4) is 11.8 Å². The van der Waals surface area contributed by atoms with Gasteiger partial charge in [0.2, 0.25) is 10.0 Å². The molecule has 0 aliphatic heterocycles. The van der Waals surface area contributed by atoms with Crippen molar-refractivity contribution in [1.82, 2.24) is 4.72 Å². The Bertz CT molecular complexity index is 868. The minimum Gasteiger partial charge on any atom is -0.494 e. The molecule has 124 valence electrons. The van der Waals surface area contributed by atoms with Crippen molar-refractivity contribution in [3.63, 3.8) is 0 Å². The van der Waals surface area contributed by atoms with E-state index in [1.165, 1.54) is 36.4 Å². The average molecular weight is 344 g/mol. The second-order valence-corrected chi connectivity index (χ2v) is 6.68. The van der Waals surface area contributed by atoms with Crippen LogP contribution in [0.25, 0.3) is 0 Å². The predicted octanol–water partition coefficient (Wildman–Crippen LogP) is 2.22. The van der Waals surface area contributed by atoms with E-state index in [2.05, 4.69) is 0 Å². The van der Waals surface area contributed by atoms with Gasteiger partial charge in [0.1, 0.15) is 5.75 Å². The fourth-order valence-electron chi connectivity index (χ4n) is 2.02. The summed E-state index contributed by atoms with van der Waals surface area (Å²) in [7, 11) is -3.85. The molecule has 2 aromatic rings. The number of benzene rings is 2. The van der Waals surface area contributed by atoms with Crippen molar-refractivity contribution in [2.45, 2.75) is 12.7 Å². The third-order valence-electron chi connectivity index (χ3n) is 3.10. The van der Waals surface area contributed by atoms with E-state index in [1.807, 2.05) is 17.7 Å². The molecule has 1 N–H and O–H groups in total. The van der Waals surface area contributed by atoms with Gasteiger partial charge in [-0.2, -0.15) is 5.26 Å². The summed E-state index contributed by atoms with van der Waals surface area (Å²) in [5.41, 5.74) is 1.12. The first-order valence-electron chi connectivity index (χ1n) is 7.20. The molecule has 0 spiro atoms. The van der Waals surface area contributed by atoms with E-state index in [1.54, 1.807) is 12.1 Å². The standard InChI is InChI=1S/C17H16N2O4S/c1-2-23-16-5-3-4-15(10-16)17(20)19-24(21,22)12-14-8-6-13(11-18)7-9-14/h3-10H,2,12H2,1H3,(H,19,20). The molecule has 6 nitrogen and oxygen atoms in total. The summed E-state index contributed by atoms with van der Waals surface area (Å²) < 4.78 is 31.6. The minimum absolute atomic E-state index is 0.198. The lowest BCUT2D eigenvalue weighted by Crippen LogP contribution is -2.31. The van der Waals surface area contributed by atoms with Gasteiger partial charge in [-0.3, -0.25) is 4.79 Å². The number of ether oxygens (including phenoxy) is 1. The Morgan fingerprint density at radius 2 is 1.92 bits per heavy atom.